The normalized spacial score (nSPS) is 11.4. The topological polar surface area (TPSA) is 87.7 Å². The second kappa shape index (κ2) is 4.63. The van der Waals surface area contributed by atoms with E-state index < -0.39 is 10.0 Å². The number of anilines is 1. The van der Waals surface area contributed by atoms with Gasteiger partial charge in [0.1, 0.15) is 0 Å². The summed E-state index contributed by atoms with van der Waals surface area (Å²) < 4.78 is 26.6. The molecule has 0 spiro atoms. The minimum Gasteiger partial charge on any atom is -0.334 e. The summed E-state index contributed by atoms with van der Waals surface area (Å²) in [5.74, 6) is 0. The molecule has 0 bridgehead atoms. The van der Waals surface area contributed by atoms with E-state index in [1.54, 1.807) is 0 Å². The molecule has 0 aliphatic rings. The Labute approximate surface area is 111 Å². The van der Waals surface area contributed by atoms with Crippen LogP contribution in [0.5, 0.6) is 0 Å². The molecule has 2 N–H and O–H groups in total. The first kappa shape index (κ1) is 12.3. The number of aromatic nitrogens is 3. The molecular formula is C8H6BrClN4O2S. The maximum Gasteiger partial charge on any atom is 0.279 e. The summed E-state index contributed by atoms with van der Waals surface area (Å²) in [4.78, 5) is 9.94. The van der Waals surface area contributed by atoms with E-state index in [-0.39, 0.29) is 15.9 Å². The molecule has 0 saturated carbocycles. The van der Waals surface area contributed by atoms with Crippen LogP contribution in [0.3, 0.4) is 0 Å². The molecule has 0 amide bonds. The average Bonchev–Trinajstić information content (AvgIpc) is 2.77. The molecule has 0 atom stereocenters. The summed E-state index contributed by atoms with van der Waals surface area (Å²) in [6, 6.07) is 1.52. The minimum absolute atomic E-state index is 0.0476. The number of sulfonamides is 1. The van der Waals surface area contributed by atoms with Crippen molar-refractivity contribution < 1.29 is 8.42 Å². The first-order valence-electron chi connectivity index (χ1n) is 4.31. The molecule has 0 fully saturated rings. The van der Waals surface area contributed by atoms with E-state index in [0.29, 0.717) is 4.47 Å². The Morgan fingerprint density at radius 2 is 2.18 bits per heavy atom. The van der Waals surface area contributed by atoms with Gasteiger partial charge >= 0.3 is 0 Å². The predicted octanol–water partition coefficient (Wildman–Crippen LogP) is 2.02. The van der Waals surface area contributed by atoms with E-state index in [2.05, 4.69) is 35.6 Å². The van der Waals surface area contributed by atoms with Crippen molar-refractivity contribution in [2.45, 2.75) is 5.03 Å². The van der Waals surface area contributed by atoms with Crippen molar-refractivity contribution in [3.63, 3.8) is 0 Å². The van der Waals surface area contributed by atoms with Crippen LogP contribution in [0.15, 0.2) is 34.3 Å². The summed E-state index contributed by atoms with van der Waals surface area (Å²) in [7, 11) is -3.72. The monoisotopic (exact) mass is 336 g/mol. The van der Waals surface area contributed by atoms with Crippen molar-refractivity contribution in [2.24, 2.45) is 0 Å². The molecule has 17 heavy (non-hydrogen) atoms. The van der Waals surface area contributed by atoms with Crippen LogP contribution >= 0.6 is 27.5 Å². The summed E-state index contributed by atoms with van der Waals surface area (Å²) in [6.07, 6.45) is 3.94. The molecule has 2 heterocycles. The maximum atomic E-state index is 11.8. The zero-order valence-corrected chi connectivity index (χ0v) is 11.3. The highest BCUT2D eigenvalue weighted by molar-refractivity contribution is 9.10. The Balaban J connectivity index is 2.36. The zero-order valence-electron chi connectivity index (χ0n) is 8.18. The Morgan fingerprint density at radius 1 is 1.41 bits per heavy atom. The maximum absolute atomic E-state index is 11.8. The number of nitrogens with one attached hydrogen (secondary N) is 2. The molecule has 0 aliphatic heterocycles. The molecule has 0 aliphatic carbocycles. The second-order valence-electron chi connectivity index (χ2n) is 3.01. The number of imidazole rings is 1. The number of nitrogens with zero attached hydrogens (tertiary/aromatic N) is 2. The second-order valence-corrected chi connectivity index (χ2v) is 5.94. The molecule has 0 aromatic carbocycles. The Morgan fingerprint density at radius 3 is 2.82 bits per heavy atom. The van der Waals surface area contributed by atoms with Gasteiger partial charge in [-0.05, 0) is 22.0 Å². The fraction of sp³-hybridized carbons (Fsp3) is 0. The highest BCUT2D eigenvalue weighted by Crippen LogP contribution is 2.25. The van der Waals surface area contributed by atoms with Gasteiger partial charge in [-0.3, -0.25) is 4.72 Å². The first-order valence-corrected chi connectivity index (χ1v) is 6.97. The van der Waals surface area contributed by atoms with Crippen LogP contribution < -0.4 is 4.72 Å². The van der Waals surface area contributed by atoms with Gasteiger partial charge in [-0.1, -0.05) is 11.6 Å². The SMILES string of the molecule is O=S(=O)(Nc1cc(Br)cnc1Cl)c1cnc[nH]1. The number of H-pyrrole nitrogens is 1. The third-order valence-corrected chi connectivity index (χ3v) is 3.84. The molecule has 2 aromatic heterocycles. The van der Waals surface area contributed by atoms with Gasteiger partial charge in [-0.2, -0.15) is 8.42 Å². The van der Waals surface area contributed by atoms with E-state index in [1.165, 1.54) is 24.8 Å². The number of pyridine rings is 1. The number of rotatable bonds is 3. The fourth-order valence-electron chi connectivity index (χ4n) is 1.08. The third kappa shape index (κ3) is 2.76. The van der Waals surface area contributed by atoms with Crippen molar-refractivity contribution in [1.82, 2.24) is 15.0 Å². The minimum atomic E-state index is -3.72. The van der Waals surface area contributed by atoms with Crippen LogP contribution in [-0.4, -0.2) is 23.4 Å². The summed E-state index contributed by atoms with van der Waals surface area (Å²) in [5.41, 5.74) is 0.190. The van der Waals surface area contributed by atoms with Crippen molar-refractivity contribution >= 4 is 43.2 Å². The van der Waals surface area contributed by atoms with Crippen LogP contribution in [0.25, 0.3) is 0 Å². The Kier molecular flexibility index (Phi) is 3.36. The number of halogens is 2. The van der Waals surface area contributed by atoms with Gasteiger partial charge in [-0.15, -0.1) is 0 Å². The van der Waals surface area contributed by atoms with Crippen molar-refractivity contribution in [2.75, 3.05) is 4.72 Å². The van der Waals surface area contributed by atoms with Crippen molar-refractivity contribution in [3.8, 4) is 0 Å². The van der Waals surface area contributed by atoms with Gasteiger partial charge in [0.25, 0.3) is 10.0 Å². The van der Waals surface area contributed by atoms with Gasteiger partial charge in [0.05, 0.1) is 18.2 Å². The van der Waals surface area contributed by atoms with Crippen LogP contribution in [0.2, 0.25) is 5.15 Å². The highest BCUT2D eigenvalue weighted by atomic mass is 79.9. The fourth-order valence-corrected chi connectivity index (χ4v) is 2.58. The first-order chi connectivity index (χ1) is 7.99. The lowest BCUT2D eigenvalue weighted by molar-refractivity contribution is 0.598. The molecular weight excluding hydrogens is 332 g/mol. The summed E-state index contributed by atoms with van der Waals surface area (Å²) >= 11 is 8.96. The van der Waals surface area contributed by atoms with Crippen LogP contribution in [0.4, 0.5) is 5.69 Å². The molecule has 0 saturated heterocycles. The van der Waals surface area contributed by atoms with Gasteiger partial charge < -0.3 is 4.98 Å². The number of hydrogen-bond donors (Lipinski definition) is 2. The molecule has 9 heteroatoms. The summed E-state index contributed by atoms with van der Waals surface area (Å²) in [6.45, 7) is 0. The smallest absolute Gasteiger partial charge is 0.279 e. The molecule has 2 aromatic rings. The largest absolute Gasteiger partial charge is 0.334 e. The quantitative estimate of drug-likeness (QED) is 0.839. The number of hydrogen-bond acceptors (Lipinski definition) is 4. The van der Waals surface area contributed by atoms with Crippen molar-refractivity contribution in [3.05, 3.63) is 34.4 Å². The van der Waals surface area contributed by atoms with Crippen LogP contribution in [0.1, 0.15) is 0 Å². The highest BCUT2D eigenvalue weighted by Gasteiger charge is 2.17. The van der Waals surface area contributed by atoms with Crippen LogP contribution in [0, 0.1) is 0 Å². The van der Waals surface area contributed by atoms with E-state index in [4.69, 9.17) is 11.6 Å². The third-order valence-electron chi connectivity index (χ3n) is 1.81. The number of aromatic amines is 1. The van der Waals surface area contributed by atoms with E-state index in [9.17, 15) is 8.42 Å². The lowest BCUT2D eigenvalue weighted by Crippen LogP contribution is -2.13. The van der Waals surface area contributed by atoms with Gasteiger partial charge in [-0.25, -0.2) is 9.97 Å². The van der Waals surface area contributed by atoms with Gasteiger partial charge in [0.15, 0.2) is 10.2 Å². The lowest BCUT2D eigenvalue weighted by Gasteiger charge is -2.07. The van der Waals surface area contributed by atoms with E-state index in [0.717, 1.165) is 0 Å². The average molecular weight is 338 g/mol. The lowest BCUT2D eigenvalue weighted by atomic mass is 10.4. The molecule has 0 unspecified atom stereocenters. The van der Waals surface area contributed by atoms with Crippen LogP contribution in [-0.2, 0) is 10.0 Å². The molecule has 6 nitrogen and oxygen atoms in total. The molecule has 90 valence electrons. The molecule has 0 radical (unpaired) electrons. The Bertz CT molecular complexity index is 629. The standard InChI is InChI=1S/C8H6BrClN4O2S/c9-5-1-6(8(10)12-2-5)14-17(15,16)7-3-11-4-13-7/h1-4,14H,(H,11,13). The van der Waals surface area contributed by atoms with Gasteiger partial charge in [0.2, 0.25) is 0 Å². The van der Waals surface area contributed by atoms with Crippen molar-refractivity contribution in [1.29, 1.82) is 0 Å². The van der Waals surface area contributed by atoms with E-state index >= 15 is 0 Å². The zero-order chi connectivity index (χ0) is 12.5. The molecule has 2 rings (SSSR count). The predicted molar refractivity (Wildman–Crippen MR) is 66.3 cm³/mol. The Hall–Kier alpha value is -1.12. The van der Waals surface area contributed by atoms with Gasteiger partial charge in [0, 0.05) is 10.7 Å². The van der Waals surface area contributed by atoms with E-state index in [1.807, 2.05) is 0 Å². The summed E-state index contributed by atoms with van der Waals surface area (Å²) in [5, 5.41) is 0.0184.